The van der Waals surface area contributed by atoms with Gasteiger partial charge in [0.25, 0.3) is 11.8 Å². The number of anilines is 1. The van der Waals surface area contributed by atoms with E-state index in [9.17, 15) is 35.9 Å². The van der Waals surface area contributed by atoms with E-state index >= 15 is 0 Å². The molecule has 0 unspecified atom stereocenters. The van der Waals surface area contributed by atoms with Gasteiger partial charge in [0.15, 0.2) is 17.5 Å². The number of carbonyl (C=O) groups excluding carboxylic acids is 2. The zero-order chi connectivity index (χ0) is 31.3. The first-order valence-corrected chi connectivity index (χ1v) is 11.8. The zero-order valence-corrected chi connectivity index (χ0v) is 21.4. The van der Waals surface area contributed by atoms with Gasteiger partial charge in [-0.05, 0) is 60.2 Å². The summed E-state index contributed by atoms with van der Waals surface area (Å²) in [6, 6.07) is 12.6. The second-order valence-corrected chi connectivity index (χ2v) is 8.60. The number of halogens is 6. The largest absolute Gasteiger partial charge is 0.573 e. The standard InChI is InChI=1S/C26H18F6N8O3/c27-18-9-15(10-19(28)22(18)29)20-11-21(24(42)35-16-5-7-17(8-6-16)43-26(30,31)32)40(38-20)12-13-1-3-14(4-2-13)23(41)36-25(33)37-39-34/h1-11H,12H2,(H,35,42)(H4,33,34,36,37,41). The number of guanidine groups is 1. The van der Waals surface area contributed by atoms with Crippen molar-refractivity contribution in [2.24, 2.45) is 5.22 Å². The Morgan fingerprint density at radius 2 is 1.56 bits per heavy atom. The smallest absolute Gasteiger partial charge is 0.406 e. The molecule has 0 bridgehead atoms. The molecule has 1 aromatic heterocycles. The maximum Gasteiger partial charge on any atom is 0.573 e. The Morgan fingerprint density at radius 1 is 0.930 bits per heavy atom. The molecule has 0 spiro atoms. The zero-order valence-electron chi connectivity index (χ0n) is 21.4. The van der Waals surface area contributed by atoms with E-state index in [4.69, 9.17) is 10.9 Å². The predicted molar refractivity (Wildman–Crippen MR) is 138 cm³/mol. The molecule has 0 aliphatic heterocycles. The van der Waals surface area contributed by atoms with Crippen molar-refractivity contribution in [2.75, 3.05) is 5.32 Å². The number of alkyl halides is 3. The van der Waals surface area contributed by atoms with Gasteiger partial charge in [-0.1, -0.05) is 17.4 Å². The highest BCUT2D eigenvalue weighted by molar-refractivity contribution is 6.05. The molecule has 0 saturated heterocycles. The quantitative estimate of drug-likeness (QED) is 0.0457. The second-order valence-electron chi connectivity index (χ2n) is 8.60. The SMILES string of the molecule is N=NNC(=N)NC(=O)c1ccc(Cn2nc(-c3cc(F)c(F)c(F)c3)cc2C(=O)Nc2ccc(OC(F)(F)F)cc2)cc1. The minimum atomic E-state index is -4.91. The molecular formula is C26H18F6N8O3. The van der Waals surface area contributed by atoms with Gasteiger partial charge in [-0.15, -0.1) is 13.2 Å². The van der Waals surface area contributed by atoms with E-state index in [0.717, 1.165) is 28.9 Å². The summed E-state index contributed by atoms with van der Waals surface area (Å²) in [6.07, 6.45) is -4.91. The number of nitrogens with one attached hydrogen (secondary N) is 5. The van der Waals surface area contributed by atoms with E-state index in [-0.39, 0.29) is 34.7 Å². The van der Waals surface area contributed by atoms with Crippen LogP contribution in [-0.2, 0) is 6.54 Å². The second kappa shape index (κ2) is 12.4. The van der Waals surface area contributed by atoms with Gasteiger partial charge in [0.1, 0.15) is 11.4 Å². The molecule has 11 nitrogen and oxygen atoms in total. The Balaban J connectivity index is 1.61. The lowest BCUT2D eigenvalue weighted by Crippen LogP contribution is -2.37. The molecule has 43 heavy (non-hydrogen) atoms. The Bertz CT molecular complexity index is 1670. The maximum atomic E-state index is 13.9. The lowest BCUT2D eigenvalue weighted by atomic mass is 10.1. The summed E-state index contributed by atoms with van der Waals surface area (Å²) in [4.78, 5) is 25.4. The van der Waals surface area contributed by atoms with Crippen molar-refractivity contribution in [1.82, 2.24) is 20.5 Å². The van der Waals surface area contributed by atoms with Gasteiger partial charge in [-0.2, -0.15) is 10.6 Å². The van der Waals surface area contributed by atoms with Crippen molar-refractivity contribution in [3.63, 3.8) is 0 Å². The molecule has 0 radical (unpaired) electrons. The van der Waals surface area contributed by atoms with Crippen LogP contribution in [0.5, 0.6) is 5.75 Å². The van der Waals surface area contributed by atoms with Crippen molar-refractivity contribution >= 4 is 23.5 Å². The molecular weight excluding hydrogens is 586 g/mol. The van der Waals surface area contributed by atoms with E-state index in [1.54, 1.807) is 0 Å². The summed E-state index contributed by atoms with van der Waals surface area (Å²) >= 11 is 0. The Kier molecular flexibility index (Phi) is 8.73. The topological polar surface area (TPSA) is 157 Å². The van der Waals surface area contributed by atoms with Crippen LogP contribution in [0.15, 0.2) is 72.0 Å². The summed E-state index contributed by atoms with van der Waals surface area (Å²) in [5.74, 6) is -7.18. The first-order valence-electron chi connectivity index (χ1n) is 11.8. The van der Waals surface area contributed by atoms with Gasteiger partial charge in [0.05, 0.1) is 12.2 Å². The maximum absolute atomic E-state index is 13.9. The average Bonchev–Trinajstić information content (AvgIpc) is 3.36. The molecule has 17 heteroatoms. The first-order chi connectivity index (χ1) is 20.3. The third-order valence-electron chi connectivity index (χ3n) is 5.59. The third-order valence-corrected chi connectivity index (χ3v) is 5.59. The number of ether oxygens (including phenoxy) is 1. The van der Waals surface area contributed by atoms with E-state index in [2.05, 4.69) is 25.7 Å². The molecule has 4 aromatic rings. The highest BCUT2D eigenvalue weighted by atomic mass is 19.4. The summed E-state index contributed by atoms with van der Waals surface area (Å²) in [5.41, 5.74) is 8.87. The third kappa shape index (κ3) is 7.72. The van der Waals surface area contributed by atoms with Crippen molar-refractivity contribution < 1.29 is 40.7 Å². The molecule has 0 atom stereocenters. The van der Waals surface area contributed by atoms with Crippen molar-refractivity contribution in [3.8, 4) is 17.0 Å². The average molecular weight is 604 g/mol. The monoisotopic (exact) mass is 604 g/mol. The van der Waals surface area contributed by atoms with Crippen molar-refractivity contribution in [2.45, 2.75) is 12.9 Å². The van der Waals surface area contributed by atoms with Gasteiger partial charge in [0.2, 0.25) is 5.96 Å². The van der Waals surface area contributed by atoms with Gasteiger partial charge in [-0.25, -0.2) is 18.6 Å². The minimum Gasteiger partial charge on any atom is -0.406 e. The minimum absolute atomic E-state index is 0.0846. The number of hydrogen-bond donors (Lipinski definition) is 5. The number of aromatic nitrogens is 2. The lowest BCUT2D eigenvalue weighted by molar-refractivity contribution is -0.274. The van der Waals surface area contributed by atoms with Crippen LogP contribution in [0.25, 0.3) is 11.3 Å². The van der Waals surface area contributed by atoms with E-state index in [0.29, 0.717) is 17.7 Å². The summed E-state index contributed by atoms with van der Waals surface area (Å²) in [6.45, 7) is -0.107. The van der Waals surface area contributed by atoms with E-state index in [1.165, 1.54) is 30.3 Å². The van der Waals surface area contributed by atoms with Gasteiger partial charge >= 0.3 is 6.36 Å². The van der Waals surface area contributed by atoms with Crippen LogP contribution in [0.1, 0.15) is 26.4 Å². The summed E-state index contributed by atoms with van der Waals surface area (Å²) in [5, 5.41) is 19.1. The van der Waals surface area contributed by atoms with Gasteiger partial charge < -0.3 is 10.1 Å². The molecule has 0 aliphatic carbocycles. The fraction of sp³-hybridized carbons (Fsp3) is 0.0769. The summed E-state index contributed by atoms with van der Waals surface area (Å²) < 4.78 is 83.6. The molecule has 1 heterocycles. The van der Waals surface area contributed by atoms with Gasteiger partial charge in [0, 0.05) is 16.8 Å². The van der Waals surface area contributed by atoms with Crippen LogP contribution in [-0.4, -0.2) is 33.9 Å². The molecule has 3 aromatic carbocycles. The number of amides is 2. The molecule has 0 aliphatic rings. The fourth-order valence-corrected chi connectivity index (χ4v) is 3.70. The highest BCUT2D eigenvalue weighted by Gasteiger charge is 2.31. The van der Waals surface area contributed by atoms with Crippen LogP contribution in [0.2, 0.25) is 0 Å². The van der Waals surface area contributed by atoms with Gasteiger partial charge in [-0.3, -0.25) is 25.0 Å². The number of nitrogens with zero attached hydrogens (tertiary/aromatic N) is 3. The molecule has 0 fully saturated rings. The number of rotatable bonds is 8. The highest BCUT2D eigenvalue weighted by Crippen LogP contribution is 2.26. The van der Waals surface area contributed by atoms with Crippen LogP contribution in [0.4, 0.5) is 32.0 Å². The van der Waals surface area contributed by atoms with E-state index in [1.807, 2.05) is 5.43 Å². The normalized spacial score (nSPS) is 11.0. The van der Waals surface area contributed by atoms with E-state index < -0.39 is 47.3 Å². The Labute approximate surface area is 237 Å². The number of benzene rings is 3. The van der Waals surface area contributed by atoms with Crippen molar-refractivity contribution in [3.05, 3.63) is 101 Å². The van der Waals surface area contributed by atoms with Crippen LogP contribution >= 0.6 is 0 Å². The molecule has 4 rings (SSSR count). The fourth-order valence-electron chi connectivity index (χ4n) is 3.70. The van der Waals surface area contributed by atoms with Crippen LogP contribution in [0, 0.1) is 28.4 Å². The first kappa shape index (κ1) is 30.2. The van der Waals surface area contributed by atoms with Crippen LogP contribution in [0.3, 0.4) is 0 Å². The molecule has 0 saturated carbocycles. The van der Waals surface area contributed by atoms with Crippen molar-refractivity contribution in [1.29, 1.82) is 10.9 Å². The lowest BCUT2D eigenvalue weighted by Gasteiger charge is -2.11. The summed E-state index contributed by atoms with van der Waals surface area (Å²) in [7, 11) is 0. The Morgan fingerprint density at radius 3 is 2.14 bits per heavy atom. The number of hydrogen-bond acceptors (Lipinski definition) is 7. The predicted octanol–water partition coefficient (Wildman–Crippen LogP) is 5.37. The molecule has 222 valence electrons. The van der Waals surface area contributed by atoms with Crippen LogP contribution < -0.4 is 20.8 Å². The molecule has 2 amide bonds. The Hall–Kier alpha value is -5.74. The molecule has 5 N–H and O–H groups in total. The number of carbonyl (C=O) groups is 2.